The summed E-state index contributed by atoms with van der Waals surface area (Å²) in [5.74, 6) is 0.897. The van der Waals surface area contributed by atoms with E-state index in [1.54, 1.807) is 7.11 Å². The molecular weight excluding hydrogens is 262 g/mol. The van der Waals surface area contributed by atoms with Gasteiger partial charge in [-0.05, 0) is 26.5 Å². The first-order chi connectivity index (χ1) is 10.0. The molecule has 4 heteroatoms. The van der Waals surface area contributed by atoms with Crippen molar-refractivity contribution in [2.24, 2.45) is 5.73 Å². The van der Waals surface area contributed by atoms with E-state index in [0.717, 1.165) is 44.0 Å². The highest BCUT2D eigenvalue weighted by atomic mass is 16.5. The number of nitrogens with two attached hydrogens (primary N) is 1. The third-order valence-corrected chi connectivity index (χ3v) is 4.49. The fourth-order valence-corrected chi connectivity index (χ4v) is 3.23. The van der Waals surface area contributed by atoms with Crippen molar-refractivity contribution in [3.63, 3.8) is 0 Å². The van der Waals surface area contributed by atoms with E-state index in [-0.39, 0.29) is 6.04 Å². The first-order valence-corrected chi connectivity index (χ1v) is 7.91. The summed E-state index contributed by atoms with van der Waals surface area (Å²) in [5.41, 5.74) is 8.79. The maximum atomic E-state index is 6.45. The number of benzene rings is 1. The second-order valence-electron chi connectivity index (χ2n) is 6.09. The van der Waals surface area contributed by atoms with E-state index in [1.807, 2.05) is 6.07 Å². The maximum absolute atomic E-state index is 6.45. The van der Waals surface area contributed by atoms with Crippen molar-refractivity contribution in [2.45, 2.75) is 32.9 Å². The number of methoxy groups -OCH3 is 1. The Kier molecular flexibility index (Phi) is 5.62. The molecule has 0 amide bonds. The zero-order valence-electron chi connectivity index (χ0n) is 13.8. The minimum Gasteiger partial charge on any atom is -0.496 e. The normalized spacial score (nSPS) is 22.2. The summed E-state index contributed by atoms with van der Waals surface area (Å²) >= 11 is 0. The van der Waals surface area contributed by atoms with E-state index in [2.05, 4.69) is 42.7 Å². The minimum atomic E-state index is 0.000210. The highest BCUT2D eigenvalue weighted by molar-refractivity contribution is 5.39. The van der Waals surface area contributed by atoms with Crippen molar-refractivity contribution in [3.8, 4) is 5.75 Å². The van der Waals surface area contributed by atoms with E-state index >= 15 is 0 Å². The molecule has 1 heterocycles. The summed E-state index contributed by atoms with van der Waals surface area (Å²) < 4.78 is 5.46. The number of hydrogen-bond donors (Lipinski definition) is 1. The molecule has 0 aromatic heterocycles. The number of nitrogens with zero attached hydrogens (tertiary/aromatic N) is 2. The van der Waals surface area contributed by atoms with Gasteiger partial charge in [-0.3, -0.25) is 9.80 Å². The van der Waals surface area contributed by atoms with Crippen LogP contribution in [0.25, 0.3) is 0 Å². The summed E-state index contributed by atoms with van der Waals surface area (Å²) in [5, 5.41) is 0. The molecule has 2 N–H and O–H groups in total. The lowest BCUT2D eigenvalue weighted by molar-refractivity contribution is 0.0840. The first kappa shape index (κ1) is 16.3. The third kappa shape index (κ3) is 3.96. The molecule has 0 spiro atoms. The molecule has 1 fully saturated rings. The molecule has 1 aromatic carbocycles. The van der Waals surface area contributed by atoms with Gasteiger partial charge in [-0.15, -0.1) is 0 Å². The van der Waals surface area contributed by atoms with Crippen molar-refractivity contribution in [3.05, 3.63) is 29.3 Å². The lowest BCUT2D eigenvalue weighted by Crippen LogP contribution is -2.52. The maximum Gasteiger partial charge on any atom is 0.123 e. The second-order valence-corrected chi connectivity index (χ2v) is 6.09. The first-order valence-electron chi connectivity index (χ1n) is 7.91. The summed E-state index contributed by atoms with van der Waals surface area (Å²) in [7, 11) is 1.71. The molecule has 1 saturated heterocycles. The van der Waals surface area contributed by atoms with Gasteiger partial charge in [-0.2, -0.15) is 0 Å². The van der Waals surface area contributed by atoms with Gasteiger partial charge in [0, 0.05) is 43.8 Å². The van der Waals surface area contributed by atoms with Crippen molar-refractivity contribution in [2.75, 3.05) is 39.8 Å². The van der Waals surface area contributed by atoms with Crippen molar-refractivity contribution >= 4 is 0 Å². The van der Waals surface area contributed by atoms with Crippen molar-refractivity contribution in [1.29, 1.82) is 0 Å². The lowest BCUT2D eigenvalue weighted by atomic mass is 10.0. The molecule has 0 saturated carbocycles. The molecule has 4 nitrogen and oxygen atoms in total. The standard InChI is InChI=1S/C17H29N3O/c1-5-20-9-8-19(11-14(20)3)12-16(18)15-10-13(2)6-7-17(15)21-4/h6-7,10,14,16H,5,8-9,11-12,18H2,1-4H3. The Morgan fingerprint density at radius 2 is 2.14 bits per heavy atom. The molecular formula is C17H29N3O. The van der Waals surface area contributed by atoms with Gasteiger partial charge in [0.05, 0.1) is 7.11 Å². The molecule has 0 bridgehead atoms. The Morgan fingerprint density at radius 3 is 2.76 bits per heavy atom. The SMILES string of the molecule is CCN1CCN(CC(N)c2cc(C)ccc2OC)CC1C. The quantitative estimate of drug-likeness (QED) is 0.901. The molecule has 1 aliphatic rings. The van der Waals surface area contributed by atoms with E-state index < -0.39 is 0 Å². The Labute approximate surface area is 128 Å². The number of piperazine rings is 1. The van der Waals surface area contributed by atoms with Crippen LogP contribution in [0.15, 0.2) is 18.2 Å². The molecule has 118 valence electrons. The summed E-state index contributed by atoms with van der Waals surface area (Å²) in [6.45, 7) is 12.0. The number of likely N-dealkylation sites (N-methyl/N-ethyl adjacent to an activating group) is 1. The van der Waals surface area contributed by atoms with Crippen LogP contribution >= 0.6 is 0 Å². The van der Waals surface area contributed by atoms with E-state index in [1.165, 1.54) is 5.56 Å². The molecule has 0 radical (unpaired) electrons. The summed E-state index contributed by atoms with van der Waals surface area (Å²) in [6.07, 6.45) is 0. The molecule has 2 unspecified atom stereocenters. The van der Waals surface area contributed by atoms with Gasteiger partial charge in [-0.1, -0.05) is 24.6 Å². The average Bonchev–Trinajstić information content (AvgIpc) is 2.47. The van der Waals surface area contributed by atoms with Crippen LogP contribution in [0.1, 0.15) is 31.0 Å². The van der Waals surface area contributed by atoms with Gasteiger partial charge in [0.15, 0.2) is 0 Å². The van der Waals surface area contributed by atoms with Crippen LogP contribution in [0.2, 0.25) is 0 Å². The highest BCUT2D eigenvalue weighted by Crippen LogP contribution is 2.26. The van der Waals surface area contributed by atoms with E-state index in [0.29, 0.717) is 6.04 Å². The van der Waals surface area contributed by atoms with Crippen LogP contribution in [-0.4, -0.2) is 55.7 Å². The van der Waals surface area contributed by atoms with Crippen molar-refractivity contribution in [1.82, 2.24) is 9.80 Å². The van der Waals surface area contributed by atoms with Gasteiger partial charge in [0.2, 0.25) is 0 Å². The summed E-state index contributed by atoms with van der Waals surface area (Å²) in [4.78, 5) is 5.00. The predicted octanol–water partition coefficient (Wildman–Crippen LogP) is 2.03. The van der Waals surface area contributed by atoms with Gasteiger partial charge in [0.1, 0.15) is 5.75 Å². The van der Waals surface area contributed by atoms with Crippen LogP contribution in [0.5, 0.6) is 5.75 Å². The predicted molar refractivity (Wildman–Crippen MR) is 87.8 cm³/mol. The van der Waals surface area contributed by atoms with Crippen LogP contribution in [0.3, 0.4) is 0 Å². The second kappa shape index (κ2) is 7.25. The summed E-state index contributed by atoms with van der Waals surface area (Å²) in [6, 6.07) is 6.84. The topological polar surface area (TPSA) is 41.7 Å². The molecule has 21 heavy (non-hydrogen) atoms. The number of hydrogen-bond acceptors (Lipinski definition) is 4. The zero-order valence-corrected chi connectivity index (χ0v) is 13.8. The van der Waals surface area contributed by atoms with E-state index in [4.69, 9.17) is 10.5 Å². The zero-order chi connectivity index (χ0) is 15.4. The molecule has 1 aromatic rings. The molecule has 0 aliphatic carbocycles. The Bertz CT molecular complexity index is 463. The number of ether oxygens (including phenoxy) is 1. The van der Waals surface area contributed by atoms with Crippen LogP contribution in [0.4, 0.5) is 0 Å². The van der Waals surface area contributed by atoms with Gasteiger partial charge in [0.25, 0.3) is 0 Å². The monoisotopic (exact) mass is 291 g/mol. The highest BCUT2D eigenvalue weighted by Gasteiger charge is 2.24. The van der Waals surface area contributed by atoms with E-state index in [9.17, 15) is 0 Å². The Hall–Kier alpha value is -1.10. The number of aryl methyl sites for hydroxylation is 1. The molecule has 2 atom stereocenters. The van der Waals surface area contributed by atoms with Gasteiger partial charge in [-0.25, -0.2) is 0 Å². The number of rotatable bonds is 5. The third-order valence-electron chi connectivity index (χ3n) is 4.49. The molecule has 1 aliphatic heterocycles. The largest absolute Gasteiger partial charge is 0.496 e. The van der Waals surface area contributed by atoms with Gasteiger partial charge >= 0.3 is 0 Å². The van der Waals surface area contributed by atoms with Gasteiger partial charge < -0.3 is 10.5 Å². The van der Waals surface area contributed by atoms with Crippen molar-refractivity contribution < 1.29 is 4.74 Å². The lowest BCUT2D eigenvalue weighted by Gasteiger charge is -2.40. The Balaban J connectivity index is 2.02. The Morgan fingerprint density at radius 1 is 1.38 bits per heavy atom. The average molecular weight is 291 g/mol. The fraction of sp³-hybridized carbons (Fsp3) is 0.647. The minimum absolute atomic E-state index is 0.000210. The van der Waals surface area contributed by atoms with Crippen LogP contribution in [-0.2, 0) is 0 Å². The molecule has 2 rings (SSSR count). The smallest absolute Gasteiger partial charge is 0.123 e. The van der Waals surface area contributed by atoms with Crippen LogP contribution in [0, 0.1) is 6.92 Å². The fourth-order valence-electron chi connectivity index (χ4n) is 3.23. The van der Waals surface area contributed by atoms with Crippen LogP contribution < -0.4 is 10.5 Å².